The predicted octanol–water partition coefficient (Wildman–Crippen LogP) is 3.43. The average Bonchev–Trinajstić information content (AvgIpc) is 2.97. The van der Waals surface area contributed by atoms with E-state index in [-0.39, 0.29) is 5.91 Å². The Bertz CT molecular complexity index is 680. The van der Waals surface area contributed by atoms with Crippen molar-refractivity contribution in [3.8, 4) is 0 Å². The van der Waals surface area contributed by atoms with Crippen LogP contribution in [-0.2, 0) is 0 Å². The summed E-state index contributed by atoms with van der Waals surface area (Å²) in [7, 11) is 6.15. The molecule has 0 unspecified atom stereocenters. The van der Waals surface area contributed by atoms with Gasteiger partial charge in [-0.3, -0.25) is 4.79 Å². The van der Waals surface area contributed by atoms with E-state index in [2.05, 4.69) is 30.0 Å². The summed E-state index contributed by atoms with van der Waals surface area (Å²) in [4.78, 5) is 19.2. The second-order valence-corrected chi connectivity index (χ2v) is 6.58. The van der Waals surface area contributed by atoms with Gasteiger partial charge in [-0.1, -0.05) is 12.1 Å². The quantitative estimate of drug-likeness (QED) is 0.865. The molecule has 0 saturated carbocycles. The van der Waals surface area contributed by atoms with Crippen molar-refractivity contribution in [2.24, 2.45) is 0 Å². The highest BCUT2D eigenvalue weighted by Gasteiger charge is 2.29. The van der Waals surface area contributed by atoms with E-state index in [1.54, 1.807) is 11.3 Å². The van der Waals surface area contributed by atoms with Gasteiger partial charge in [0.1, 0.15) is 0 Å². The van der Waals surface area contributed by atoms with Crippen LogP contribution >= 0.6 is 11.3 Å². The molecule has 1 aromatic heterocycles. The summed E-state index contributed by atoms with van der Waals surface area (Å²) in [6, 6.07) is 8.13. The third kappa shape index (κ3) is 2.62. The molecule has 22 heavy (non-hydrogen) atoms. The number of hydrogen-bond acceptors (Lipinski definition) is 4. The van der Waals surface area contributed by atoms with Crippen LogP contribution in [0, 0.1) is 0 Å². The van der Waals surface area contributed by atoms with E-state index >= 15 is 0 Å². The van der Waals surface area contributed by atoms with Gasteiger partial charge in [-0.15, -0.1) is 11.3 Å². The summed E-state index contributed by atoms with van der Waals surface area (Å²) in [5, 5.41) is 4.01. The molecule has 0 atom stereocenters. The molecule has 0 aliphatic carbocycles. The van der Waals surface area contributed by atoms with Crippen LogP contribution in [0.3, 0.4) is 0 Å². The van der Waals surface area contributed by atoms with Gasteiger partial charge in [0.2, 0.25) is 0 Å². The first-order valence-corrected chi connectivity index (χ1v) is 8.39. The molecule has 0 N–H and O–H groups in total. The molecular formula is C17H21N3OS. The summed E-state index contributed by atoms with van der Waals surface area (Å²) < 4.78 is 0. The number of amides is 1. The molecule has 1 amide bonds. The van der Waals surface area contributed by atoms with Gasteiger partial charge in [0.15, 0.2) is 0 Å². The third-order valence-corrected chi connectivity index (χ3v) is 4.73. The first kappa shape index (κ1) is 15.1. The maximum atomic E-state index is 13.0. The summed E-state index contributed by atoms with van der Waals surface area (Å²) in [5.41, 5.74) is 3.87. The zero-order valence-electron chi connectivity index (χ0n) is 13.2. The zero-order valence-corrected chi connectivity index (χ0v) is 14.1. The Labute approximate surface area is 135 Å². The van der Waals surface area contributed by atoms with Crippen LogP contribution in [0.2, 0.25) is 0 Å². The topological polar surface area (TPSA) is 26.8 Å². The molecule has 5 heteroatoms. The molecular weight excluding hydrogens is 294 g/mol. The van der Waals surface area contributed by atoms with Crippen LogP contribution in [0.5, 0.6) is 0 Å². The van der Waals surface area contributed by atoms with Crippen LogP contribution in [0.1, 0.15) is 16.8 Å². The van der Waals surface area contributed by atoms with Crippen LogP contribution in [0.4, 0.5) is 17.1 Å². The smallest absolute Gasteiger partial charge is 0.261 e. The Balaban J connectivity index is 2.01. The Hall–Kier alpha value is -1.85. The lowest BCUT2D eigenvalue weighted by Crippen LogP contribution is -2.32. The molecule has 2 heterocycles. The van der Waals surface area contributed by atoms with Gasteiger partial charge in [-0.25, -0.2) is 0 Å². The Morgan fingerprint density at radius 1 is 1.09 bits per heavy atom. The van der Waals surface area contributed by atoms with Crippen molar-refractivity contribution in [2.45, 2.75) is 6.42 Å². The SMILES string of the molecule is CN(C)CCCN1C(=O)c2cscc2N(C)c2ccccc21. The van der Waals surface area contributed by atoms with E-state index in [0.29, 0.717) is 0 Å². The lowest BCUT2D eigenvalue weighted by Gasteiger charge is -2.25. The summed E-state index contributed by atoms with van der Waals surface area (Å²) in [5.74, 6) is 0.104. The monoisotopic (exact) mass is 315 g/mol. The van der Waals surface area contributed by atoms with Gasteiger partial charge in [0.05, 0.1) is 22.6 Å². The first-order chi connectivity index (χ1) is 10.6. The van der Waals surface area contributed by atoms with E-state index in [1.807, 2.05) is 40.9 Å². The highest BCUT2D eigenvalue weighted by molar-refractivity contribution is 7.08. The molecule has 3 rings (SSSR count). The molecule has 0 bridgehead atoms. The van der Waals surface area contributed by atoms with Crippen LogP contribution < -0.4 is 9.80 Å². The number of carbonyl (C=O) groups excluding carboxylic acids is 1. The molecule has 1 aromatic carbocycles. The molecule has 0 radical (unpaired) electrons. The molecule has 4 nitrogen and oxygen atoms in total. The van der Waals surface area contributed by atoms with Gasteiger partial charge in [-0.05, 0) is 39.2 Å². The number of hydrogen-bond donors (Lipinski definition) is 0. The number of thiophene rings is 1. The average molecular weight is 315 g/mol. The largest absolute Gasteiger partial charge is 0.342 e. The molecule has 116 valence electrons. The van der Waals surface area contributed by atoms with Crippen LogP contribution in [0.15, 0.2) is 35.0 Å². The maximum Gasteiger partial charge on any atom is 0.261 e. The Morgan fingerprint density at radius 3 is 2.55 bits per heavy atom. The van der Waals surface area contributed by atoms with Gasteiger partial charge in [0, 0.05) is 24.4 Å². The Morgan fingerprint density at radius 2 is 1.82 bits per heavy atom. The zero-order chi connectivity index (χ0) is 15.7. The maximum absolute atomic E-state index is 13.0. The van der Waals surface area contributed by atoms with Gasteiger partial charge in [0.25, 0.3) is 5.91 Å². The van der Waals surface area contributed by atoms with Crippen molar-refractivity contribution in [1.29, 1.82) is 0 Å². The highest BCUT2D eigenvalue weighted by Crippen LogP contribution is 2.40. The molecule has 0 spiro atoms. The summed E-state index contributed by atoms with van der Waals surface area (Å²) in [6.45, 7) is 1.70. The van der Waals surface area contributed by atoms with Crippen molar-refractivity contribution in [3.63, 3.8) is 0 Å². The normalized spacial score (nSPS) is 14.1. The van der Waals surface area contributed by atoms with Crippen molar-refractivity contribution in [2.75, 3.05) is 44.0 Å². The van der Waals surface area contributed by atoms with E-state index in [4.69, 9.17) is 0 Å². The molecule has 0 saturated heterocycles. The number of anilines is 3. The van der Waals surface area contributed by atoms with Crippen LogP contribution in [0.25, 0.3) is 0 Å². The third-order valence-electron chi connectivity index (χ3n) is 4.00. The molecule has 1 aliphatic heterocycles. The summed E-state index contributed by atoms with van der Waals surface area (Å²) >= 11 is 1.58. The van der Waals surface area contributed by atoms with Crippen molar-refractivity contribution in [3.05, 3.63) is 40.6 Å². The fourth-order valence-corrected chi connectivity index (χ4v) is 3.68. The van der Waals surface area contributed by atoms with Gasteiger partial charge in [-0.2, -0.15) is 0 Å². The summed E-state index contributed by atoms with van der Waals surface area (Å²) in [6.07, 6.45) is 0.955. The standard InChI is InChI=1S/C17H21N3OS/c1-18(2)9-6-10-20-15-8-5-4-7-14(15)19(3)16-12-22-11-13(16)17(20)21/h4-5,7-8,11-12H,6,9-10H2,1-3H3. The van der Waals surface area contributed by atoms with Crippen LogP contribution in [-0.4, -0.2) is 45.0 Å². The Kier molecular flexibility index (Phi) is 4.18. The minimum Gasteiger partial charge on any atom is -0.342 e. The van der Waals surface area contributed by atoms with Crippen molar-refractivity contribution in [1.82, 2.24) is 4.90 Å². The molecule has 1 aliphatic rings. The van der Waals surface area contributed by atoms with E-state index in [1.165, 1.54) is 0 Å². The first-order valence-electron chi connectivity index (χ1n) is 7.45. The highest BCUT2D eigenvalue weighted by atomic mass is 32.1. The van der Waals surface area contributed by atoms with Gasteiger partial charge < -0.3 is 14.7 Å². The number of nitrogens with zero attached hydrogens (tertiary/aromatic N) is 3. The number of benzene rings is 1. The van der Waals surface area contributed by atoms with Gasteiger partial charge >= 0.3 is 0 Å². The number of carbonyl (C=O) groups is 1. The van der Waals surface area contributed by atoms with E-state index < -0.39 is 0 Å². The van der Waals surface area contributed by atoms with E-state index in [9.17, 15) is 4.79 Å². The predicted molar refractivity (Wildman–Crippen MR) is 93.7 cm³/mol. The second kappa shape index (κ2) is 6.10. The fraction of sp³-hybridized carbons (Fsp3) is 0.353. The lowest BCUT2D eigenvalue weighted by molar-refractivity contribution is 0.0988. The van der Waals surface area contributed by atoms with Crippen molar-refractivity contribution < 1.29 is 4.79 Å². The lowest BCUT2D eigenvalue weighted by atomic mass is 10.2. The minimum atomic E-state index is 0.104. The number of rotatable bonds is 4. The number of fused-ring (bicyclic) bond motifs is 2. The fourth-order valence-electron chi connectivity index (χ4n) is 2.84. The van der Waals surface area contributed by atoms with Crippen molar-refractivity contribution >= 4 is 34.3 Å². The minimum absolute atomic E-state index is 0.104. The second-order valence-electron chi connectivity index (χ2n) is 5.83. The molecule has 0 fully saturated rings. The molecule has 2 aromatic rings. The number of para-hydroxylation sites is 2. The van der Waals surface area contributed by atoms with E-state index in [0.717, 1.165) is 42.1 Å².